The number of hydrogen-bond donors (Lipinski definition) is 1. The van der Waals surface area contributed by atoms with Gasteiger partial charge in [0.1, 0.15) is 11.9 Å². The number of primary amides is 1. The quantitative estimate of drug-likeness (QED) is 0.832. The molecular weight excluding hydrogens is 347 g/mol. The van der Waals surface area contributed by atoms with Crippen LogP contribution in [-0.2, 0) is 9.53 Å². The first kappa shape index (κ1) is 21.2. The number of carbonyl (C=O) groups is 2. The number of carbonyl (C=O) groups excluding carboxylic acids is 2. The summed E-state index contributed by atoms with van der Waals surface area (Å²) >= 11 is 0. The van der Waals surface area contributed by atoms with Gasteiger partial charge < -0.3 is 15.4 Å². The molecule has 2 aliphatic rings. The molecule has 0 aromatic heterocycles. The smallest absolute Gasteiger partial charge is 0.410 e. The number of nitrogens with two attached hydrogens (primary N) is 1. The Morgan fingerprint density at radius 1 is 1.22 bits per heavy atom. The first-order chi connectivity index (χ1) is 13.0. The predicted octanol–water partition coefficient (Wildman–Crippen LogP) is 4.26. The molecule has 1 aromatic rings. The molecule has 1 aliphatic heterocycles. The van der Waals surface area contributed by atoms with Gasteiger partial charge in [0.15, 0.2) is 0 Å². The zero-order valence-corrected chi connectivity index (χ0v) is 16.1. The molecule has 2 unspecified atom stereocenters. The van der Waals surface area contributed by atoms with Crippen LogP contribution < -0.4 is 5.73 Å². The van der Waals surface area contributed by atoms with Gasteiger partial charge in [0.05, 0.1) is 0 Å². The van der Waals surface area contributed by atoms with Crippen LogP contribution in [0.2, 0.25) is 0 Å². The Labute approximate surface area is 161 Å². The summed E-state index contributed by atoms with van der Waals surface area (Å²) in [6, 6.07) is 8.20. The second-order valence-electron chi connectivity index (χ2n) is 7.43. The standard InChI is InChI=1S/C15H26N2O3.C6H5F/c1-11(12-5-3-2-4-6-12)17-10-9-13(20-15(17)19)7-8-14(16)18;7-6-4-2-1-3-5-6/h11-13H,2-10H2,1H3,(H2,16,18);1-5H. The maximum absolute atomic E-state index is 12.1. The largest absolute Gasteiger partial charge is 0.446 e. The van der Waals surface area contributed by atoms with Crippen LogP contribution in [-0.4, -0.2) is 35.6 Å². The molecule has 150 valence electrons. The van der Waals surface area contributed by atoms with Crippen LogP contribution in [0.5, 0.6) is 0 Å². The second-order valence-corrected chi connectivity index (χ2v) is 7.43. The average Bonchev–Trinajstić information content (AvgIpc) is 2.68. The summed E-state index contributed by atoms with van der Waals surface area (Å²) in [5, 5.41) is 0. The highest BCUT2D eigenvalue weighted by Gasteiger charge is 2.34. The Morgan fingerprint density at radius 3 is 2.41 bits per heavy atom. The van der Waals surface area contributed by atoms with Gasteiger partial charge >= 0.3 is 6.09 Å². The van der Waals surface area contributed by atoms with Gasteiger partial charge in [0, 0.05) is 25.4 Å². The third-order valence-corrected chi connectivity index (χ3v) is 5.46. The number of hydrogen-bond acceptors (Lipinski definition) is 3. The average molecular weight is 378 g/mol. The van der Waals surface area contributed by atoms with Crippen molar-refractivity contribution in [2.24, 2.45) is 11.7 Å². The van der Waals surface area contributed by atoms with Crippen molar-refractivity contribution in [1.82, 2.24) is 4.90 Å². The molecule has 0 radical (unpaired) electrons. The lowest BCUT2D eigenvalue weighted by Gasteiger charge is -2.40. The zero-order chi connectivity index (χ0) is 19.6. The molecule has 1 aliphatic carbocycles. The van der Waals surface area contributed by atoms with Crippen molar-refractivity contribution in [2.45, 2.75) is 70.4 Å². The van der Waals surface area contributed by atoms with Crippen molar-refractivity contribution in [3.05, 3.63) is 36.1 Å². The van der Waals surface area contributed by atoms with Crippen molar-refractivity contribution >= 4 is 12.0 Å². The van der Waals surface area contributed by atoms with Gasteiger partial charge in [-0.3, -0.25) is 4.79 Å². The van der Waals surface area contributed by atoms with Crippen molar-refractivity contribution in [2.75, 3.05) is 6.54 Å². The summed E-state index contributed by atoms with van der Waals surface area (Å²) < 4.78 is 17.3. The Bertz CT molecular complexity index is 590. The normalized spacial score (nSPS) is 21.6. The third kappa shape index (κ3) is 7.19. The van der Waals surface area contributed by atoms with Crippen LogP contribution in [0.15, 0.2) is 30.3 Å². The summed E-state index contributed by atoms with van der Waals surface area (Å²) in [4.78, 5) is 24.8. The number of nitrogens with zero attached hydrogens (tertiary/aromatic N) is 1. The van der Waals surface area contributed by atoms with Crippen LogP contribution in [0.1, 0.15) is 58.3 Å². The number of rotatable bonds is 5. The van der Waals surface area contributed by atoms with E-state index in [0.717, 1.165) is 13.0 Å². The number of cyclic esters (lactones) is 1. The minimum absolute atomic E-state index is 0.148. The summed E-state index contributed by atoms with van der Waals surface area (Å²) in [5.74, 6) is 0.0972. The molecule has 2 fully saturated rings. The molecule has 1 heterocycles. The van der Waals surface area contributed by atoms with Gasteiger partial charge in [-0.2, -0.15) is 0 Å². The lowest BCUT2D eigenvalue weighted by molar-refractivity contribution is -0.118. The Balaban J connectivity index is 0.000000313. The molecule has 6 heteroatoms. The van der Waals surface area contributed by atoms with E-state index in [-0.39, 0.29) is 36.4 Å². The first-order valence-corrected chi connectivity index (χ1v) is 9.93. The minimum Gasteiger partial charge on any atom is -0.446 e. The monoisotopic (exact) mass is 378 g/mol. The zero-order valence-electron chi connectivity index (χ0n) is 16.1. The van der Waals surface area contributed by atoms with Gasteiger partial charge in [-0.05, 0) is 44.2 Å². The highest BCUT2D eigenvalue weighted by molar-refractivity contribution is 5.74. The molecule has 27 heavy (non-hydrogen) atoms. The third-order valence-electron chi connectivity index (χ3n) is 5.46. The van der Waals surface area contributed by atoms with Crippen molar-refractivity contribution < 1.29 is 18.7 Å². The highest BCUT2D eigenvalue weighted by Crippen LogP contribution is 2.30. The van der Waals surface area contributed by atoms with E-state index in [2.05, 4.69) is 6.92 Å². The fourth-order valence-corrected chi connectivity index (χ4v) is 3.81. The van der Waals surface area contributed by atoms with E-state index in [4.69, 9.17) is 10.5 Å². The van der Waals surface area contributed by atoms with Crippen molar-refractivity contribution in [1.29, 1.82) is 0 Å². The van der Waals surface area contributed by atoms with Gasteiger partial charge in [0.2, 0.25) is 5.91 Å². The summed E-state index contributed by atoms with van der Waals surface area (Å²) in [5.41, 5.74) is 5.13. The lowest BCUT2D eigenvalue weighted by Crippen LogP contribution is -2.49. The molecule has 1 saturated heterocycles. The highest BCUT2D eigenvalue weighted by atomic mass is 19.1. The van der Waals surface area contributed by atoms with E-state index >= 15 is 0 Å². The van der Waals surface area contributed by atoms with Crippen molar-refractivity contribution in [3.8, 4) is 0 Å². The molecule has 0 spiro atoms. The Hall–Kier alpha value is -2.11. The fraction of sp³-hybridized carbons (Fsp3) is 0.619. The SMILES string of the molecule is CC(C1CCCCC1)N1CCC(CCC(N)=O)OC1=O.Fc1ccccc1. The summed E-state index contributed by atoms with van der Waals surface area (Å²) in [7, 11) is 0. The van der Waals surface area contributed by atoms with E-state index in [1.54, 1.807) is 18.2 Å². The number of benzene rings is 1. The van der Waals surface area contributed by atoms with Crippen LogP contribution in [0.25, 0.3) is 0 Å². The van der Waals surface area contributed by atoms with Gasteiger partial charge in [0.25, 0.3) is 0 Å². The summed E-state index contributed by atoms with van der Waals surface area (Å²) in [6.45, 7) is 2.88. The Kier molecular flexibility index (Phi) is 8.55. The van der Waals surface area contributed by atoms with Crippen LogP contribution in [0.3, 0.4) is 0 Å². The van der Waals surface area contributed by atoms with E-state index in [1.807, 2.05) is 4.90 Å². The predicted molar refractivity (Wildman–Crippen MR) is 102 cm³/mol. The molecule has 2 amide bonds. The van der Waals surface area contributed by atoms with Gasteiger partial charge in [-0.25, -0.2) is 9.18 Å². The van der Waals surface area contributed by atoms with E-state index < -0.39 is 0 Å². The molecule has 5 nitrogen and oxygen atoms in total. The molecule has 1 saturated carbocycles. The molecule has 3 rings (SSSR count). The lowest BCUT2D eigenvalue weighted by atomic mass is 9.84. The van der Waals surface area contributed by atoms with Crippen LogP contribution >= 0.6 is 0 Å². The van der Waals surface area contributed by atoms with Gasteiger partial charge in [-0.1, -0.05) is 37.5 Å². The number of ether oxygens (including phenoxy) is 1. The molecule has 2 N–H and O–H groups in total. The van der Waals surface area contributed by atoms with Crippen LogP contribution in [0, 0.1) is 11.7 Å². The fourth-order valence-electron chi connectivity index (χ4n) is 3.81. The molecule has 2 atom stereocenters. The van der Waals surface area contributed by atoms with Gasteiger partial charge in [-0.15, -0.1) is 0 Å². The molecule has 1 aromatic carbocycles. The Morgan fingerprint density at radius 2 is 1.89 bits per heavy atom. The summed E-state index contributed by atoms with van der Waals surface area (Å²) in [6.07, 6.45) is 7.58. The maximum Gasteiger partial charge on any atom is 0.410 e. The topological polar surface area (TPSA) is 72.6 Å². The van der Waals surface area contributed by atoms with Crippen LogP contribution in [0.4, 0.5) is 9.18 Å². The second kappa shape index (κ2) is 10.9. The van der Waals surface area contributed by atoms with E-state index in [0.29, 0.717) is 12.3 Å². The maximum atomic E-state index is 12.1. The number of halogens is 1. The first-order valence-electron chi connectivity index (χ1n) is 9.93. The minimum atomic E-state index is -0.334. The van der Waals surface area contributed by atoms with E-state index in [1.165, 1.54) is 44.2 Å². The van der Waals surface area contributed by atoms with E-state index in [9.17, 15) is 14.0 Å². The molecular formula is C21H31FN2O3. The number of amides is 2. The van der Waals surface area contributed by atoms with Crippen molar-refractivity contribution in [3.63, 3.8) is 0 Å². The molecule has 0 bridgehead atoms.